The normalized spacial score (nSPS) is 26.7. The Kier molecular flexibility index (Phi) is 5.81. The summed E-state index contributed by atoms with van der Waals surface area (Å²) in [7, 11) is -3.16. The molecule has 2 aliphatic heterocycles. The molecule has 0 bridgehead atoms. The summed E-state index contributed by atoms with van der Waals surface area (Å²) >= 11 is 0. The largest absolute Gasteiger partial charge is 0.337 e. The Balaban J connectivity index is 1.55. The number of hydrogen-bond donors (Lipinski definition) is 1. The molecule has 3 aliphatic rings. The van der Waals surface area contributed by atoms with E-state index in [0.717, 1.165) is 41.7 Å². The van der Waals surface area contributed by atoms with Crippen LogP contribution in [0, 0.1) is 0 Å². The minimum absolute atomic E-state index is 0.0556. The molecule has 2 heterocycles. The van der Waals surface area contributed by atoms with E-state index in [9.17, 15) is 22.8 Å². The number of hydrogen-bond acceptors (Lipinski definition) is 5. The van der Waals surface area contributed by atoms with Crippen LogP contribution in [0.5, 0.6) is 0 Å². The zero-order chi connectivity index (χ0) is 22.2. The molecule has 2 atom stereocenters. The van der Waals surface area contributed by atoms with Gasteiger partial charge in [-0.25, -0.2) is 13.2 Å². The Morgan fingerprint density at radius 2 is 2.06 bits per heavy atom. The van der Waals surface area contributed by atoms with E-state index in [0.29, 0.717) is 19.4 Å². The zero-order valence-corrected chi connectivity index (χ0v) is 18.6. The Hall–Kier alpha value is -2.42. The van der Waals surface area contributed by atoms with Crippen molar-refractivity contribution in [2.75, 3.05) is 24.6 Å². The lowest BCUT2D eigenvalue weighted by Crippen LogP contribution is -2.49. The summed E-state index contributed by atoms with van der Waals surface area (Å²) in [4.78, 5) is 42.0. The Bertz CT molecular complexity index is 1010. The highest BCUT2D eigenvalue weighted by atomic mass is 32.2. The molecular formula is C22H29N3O5S. The van der Waals surface area contributed by atoms with Gasteiger partial charge in [-0.3, -0.25) is 14.5 Å². The Morgan fingerprint density at radius 1 is 1.29 bits per heavy atom. The van der Waals surface area contributed by atoms with Gasteiger partial charge in [0.2, 0.25) is 5.91 Å². The summed E-state index contributed by atoms with van der Waals surface area (Å²) in [6, 6.07) is 6.65. The lowest BCUT2D eigenvalue weighted by molar-refractivity contribution is -0.140. The maximum Gasteiger partial charge on any atom is 0.325 e. The van der Waals surface area contributed by atoms with E-state index in [2.05, 4.69) is 5.32 Å². The number of amides is 4. The molecule has 1 aromatic rings. The minimum atomic E-state index is -3.16. The van der Waals surface area contributed by atoms with Crippen LogP contribution in [0.15, 0.2) is 24.3 Å². The fourth-order valence-corrected chi connectivity index (χ4v) is 6.77. The predicted molar refractivity (Wildman–Crippen MR) is 115 cm³/mol. The second-order valence-corrected chi connectivity index (χ2v) is 11.0. The quantitative estimate of drug-likeness (QED) is 0.667. The number of rotatable bonds is 6. The lowest BCUT2D eigenvalue weighted by Gasteiger charge is -2.33. The number of sulfone groups is 1. The zero-order valence-electron chi connectivity index (χ0n) is 17.8. The summed E-state index contributed by atoms with van der Waals surface area (Å²) < 4.78 is 23.9. The highest BCUT2D eigenvalue weighted by Gasteiger charge is 2.54. The van der Waals surface area contributed by atoms with Gasteiger partial charge in [0.25, 0.3) is 5.91 Å². The van der Waals surface area contributed by atoms with Crippen LogP contribution in [-0.4, -0.2) is 66.7 Å². The van der Waals surface area contributed by atoms with Gasteiger partial charge in [-0.15, -0.1) is 0 Å². The third-order valence-corrected chi connectivity index (χ3v) is 8.42. The maximum atomic E-state index is 13.4. The molecule has 4 amide bonds. The summed E-state index contributed by atoms with van der Waals surface area (Å²) in [6.45, 7) is 2.05. The van der Waals surface area contributed by atoms with Gasteiger partial charge in [0, 0.05) is 12.6 Å². The van der Waals surface area contributed by atoms with Crippen molar-refractivity contribution >= 4 is 27.7 Å². The summed E-state index contributed by atoms with van der Waals surface area (Å²) in [5.74, 6) is -0.760. The molecule has 1 spiro atoms. The topological polar surface area (TPSA) is 104 Å². The van der Waals surface area contributed by atoms with Gasteiger partial charge in [0.15, 0.2) is 9.84 Å². The van der Waals surface area contributed by atoms with Gasteiger partial charge < -0.3 is 10.2 Å². The second-order valence-electron chi connectivity index (χ2n) is 8.74. The van der Waals surface area contributed by atoms with Crippen LogP contribution in [0.3, 0.4) is 0 Å². The number of nitrogens with one attached hydrogen (secondary N) is 1. The lowest BCUT2D eigenvalue weighted by atomic mass is 9.76. The average molecular weight is 448 g/mol. The number of aryl methyl sites for hydroxylation is 1. The molecule has 2 saturated heterocycles. The van der Waals surface area contributed by atoms with E-state index in [4.69, 9.17) is 0 Å². The van der Waals surface area contributed by atoms with Crippen molar-refractivity contribution in [3.05, 3.63) is 35.4 Å². The van der Waals surface area contributed by atoms with E-state index in [1.165, 1.54) is 0 Å². The fraction of sp³-hybridized carbons (Fsp3) is 0.591. The molecule has 168 valence electrons. The minimum Gasteiger partial charge on any atom is -0.337 e. The van der Waals surface area contributed by atoms with Gasteiger partial charge in [-0.2, -0.15) is 0 Å². The van der Waals surface area contributed by atoms with Crippen molar-refractivity contribution in [3.8, 4) is 0 Å². The molecule has 0 unspecified atom stereocenters. The number of benzene rings is 1. The number of urea groups is 1. The molecular weight excluding hydrogens is 418 g/mol. The van der Waals surface area contributed by atoms with Crippen LogP contribution >= 0.6 is 0 Å². The maximum absolute atomic E-state index is 13.4. The first kappa shape index (κ1) is 21.8. The molecule has 31 heavy (non-hydrogen) atoms. The first-order chi connectivity index (χ1) is 14.8. The van der Waals surface area contributed by atoms with Gasteiger partial charge >= 0.3 is 6.03 Å². The highest BCUT2D eigenvalue weighted by molar-refractivity contribution is 7.91. The van der Waals surface area contributed by atoms with E-state index >= 15 is 0 Å². The first-order valence-electron chi connectivity index (χ1n) is 11.0. The molecule has 8 nitrogen and oxygen atoms in total. The van der Waals surface area contributed by atoms with Crippen molar-refractivity contribution < 1.29 is 22.8 Å². The number of nitrogens with zero attached hydrogens (tertiary/aromatic N) is 2. The number of imide groups is 1. The SMILES string of the molecule is CCCCN(C(=O)CN1C(=O)N[C@]2(CCCc3ccccc32)C1=O)[C@@H]1CCS(=O)(=O)C1. The van der Waals surface area contributed by atoms with Crippen LogP contribution in [0.1, 0.15) is 50.2 Å². The highest BCUT2D eigenvalue weighted by Crippen LogP contribution is 2.39. The average Bonchev–Trinajstić information content (AvgIpc) is 3.21. The van der Waals surface area contributed by atoms with Crippen molar-refractivity contribution in [1.82, 2.24) is 15.1 Å². The molecule has 1 aliphatic carbocycles. The second kappa shape index (κ2) is 8.26. The molecule has 1 N–H and O–H groups in total. The third-order valence-electron chi connectivity index (χ3n) is 6.67. The molecule has 9 heteroatoms. The molecule has 4 rings (SSSR count). The summed E-state index contributed by atoms with van der Waals surface area (Å²) in [6.07, 6.45) is 4.11. The molecule has 0 saturated carbocycles. The van der Waals surface area contributed by atoms with Gasteiger partial charge in [0.05, 0.1) is 11.5 Å². The van der Waals surface area contributed by atoms with Crippen LogP contribution in [0.2, 0.25) is 0 Å². The van der Waals surface area contributed by atoms with E-state index < -0.39 is 33.4 Å². The van der Waals surface area contributed by atoms with Gasteiger partial charge in [-0.1, -0.05) is 37.6 Å². The van der Waals surface area contributed by atoms with Crippen molar-refractivity contribution in [2.45, 2.75) is 57.0 Å². The van der Waals surface area contributed by atoms with Crippen LogP contribution < -0.4 is 5.32 Å². The monoisotopic (exact) mass is 447 g/mol. The molecule has 0 aromatic heterocycles. The smallest absolute Gasteiger partial charge is 0.325 e. The number of carbonyl (C=O) groups is 3. The van der Waals surface area contributed by atoms with Crippen LogP contribution in [-0.2, 0) is 31.4 Å². The first-order valence-corrected chi connectivity index (χ1v) is 12.8. The van der Waals surface area contributed by atoms with Crippen LogP contribution in [0.25, 0.3) is 0 Å². The van der Waals surface area contributed by atoms with E-state index in [1.807, 2.05) is 31.2 Å². The van der Waals surface area contributed by atoms with Crippen molar-refractivity contribution in [1.29, 1.82) is 0 Å². The van der Waals surface area contributed by atoms with Crippen molar-refractivity contribution in [3.63, 3.8) is 0 Å². The number of carbonyl (C=O) groups excluding carboxylic acids is 3. The summed E-state index contributed by atoms with van der Waals surface area (Å²) in [5.41, 5.74) is 0.729. The van der Waals surface area contributed by atoms with Gasteiger partial charge in [0.1, 0.15) is 12.1 Å². The molecule has 2 fully saturated rings. The van der Waals surface area contributed by atoms with Gasteiger partial charge in [-0.05, 0) is 43.2 Å². The standard InChI is InChI=1S/C22H29N3O5S/c1-2-3-12-24(17-10-13-31(29,30)15-17)19(26)14-25-20(27)22(23-21(25)28)11-6-8-16-7-4-5-9-18(16)22/h4-5,7,9,17H,2-3,6,8,10-15H2,1H3,(H,23,28)/t17-,22+/m1/s1. The van der Waals surface area contributed by atoms with Crippen LogP contribution in [0.4, 0.5) is 4.79 Å². The van der Waals surface area contributed by atoms with Crippen molar-refractivity contribution in [2.24, 2.45) is 0 Å². The Morgan fingerprint density at radius 3 is 2.77 bits per heavy atom. The molecule has 1 aromatic carbocycles. The Labute approximate surface area is 182 Å². The number of unbranched alkanes of at least 4 members (excludes halogenated alkanes) is 1. The van der Waals surface area contributed by atoms with E-state index in [1.54, 1.807) is 4.90 Å². The third kappa shape index (κ3) is 3.95. The molecule has 0 radical (unpaired) electrons. The fourth-order valence-electron chi connectivity index (χ4n) is 5.04. The number of fused-ring (bicyclic) bond motifs is 2. The summed E-state index contributed by atoms with van der Waals surface area (Å²) in [5, 5.41) is 2.87. The van der Waals surface area contributed by atoms with E-state index in [-0.39, 0.29) is 24.0 Å². The predicted octanol–water partition coefficient (Wildman–Crippen LogP) is 1.59.